The molecule has 124 valence electrons. The lowest BCUT2D eigenvalue weighted by atomic mass is 10.1. The van der Waals surface area contributed by atoms with Gasteiger partial charge in [-0.25, -0.2) is 4.98 Å². The van der Waals surface area contributed by atoms with Gasteiger partial charge in [-0.3, -0.25) is 4.79 Å². The Morgan fingerprint density at radius 2 is 2.04 bits per heavy atom. The fourth-order valence-corrected chi connectivity index (χ4v) is 2.27. The van der Waals surface area contributed by atoms with Crippen LogP contribution in [0.2, 0.25) is 0 Å². The summed E-state index contributed by atoms with van der Waals surface area (Å²) in [5.41, 5.74) is 0.702. The van der Waals surface area contributed by atoms with Gasteiger partial charge in [0, 0.05) is 13.1 Å². The molecule has 1 N–H and O–H groups in total. The average molecular weight is 317 g/mol. The van der Waals surface area contributed by atoms with Crippen molar-refractivity contribution < 1.29 is 14.3 Å². The van der Waals surface area contributed by atoms with Crippen molar-refractivity contribution in [1.29, 1.82) is 0 Å². The highest BCUT2D eigenvalue weighted by Gasteiger charge is 2.23. The number of carbonyl (C=O) groups excluding carboxylic acids is 1. The minimum Gasteiger partial charge on any atom is -0.497 e. The van der Waals surface area contributed by atoms with Gasteiger partial charge in [0.05, 0.1) is 25.7 Å². The fraction of sp³-hybridized carbons (Fsp3) is 0.412. The SMILES string of the molecule is COc1cccc(OC(C)(C)CNC(=O)c2c(C)ncn2C)c1. The van der Waals surface area contributed by atoms with Crippen LogP contribution in [0.25, 0.3) is 0 Å². The predicted octanol–water partition coefficient (Wildman–Crippen LogP) is 2.32. The molecular weight excluding hydrogens is 294 g/mol. The summed E-state index contributed by atoms with van der Waals surface area (Å²) in [5.74, 6) is 1.26. The number of benzene rings is 1. The molecule has 0 fully saturated rings. The molecule has 0 atom stereocenters. The Labute approximate surface area is 136 Å². The molecule has 1 heterocycles. The molecule has 0 spiro atoms. The lowest BCUT2D eigenvalue weighted by molar-refractivity contribution is 0.0817. The van der Waals surface area contributed by atoms with Crippen LogP contribution in [0.4, 0.5) is 0 Å². The number of aryl methyl sites for hydroxylation is 2. The number of aromatic nitrogens is 2. The largest absolute Gasteiger partial charge is 0.497 e. The first-order chi connectivity index (χ1) is 10.8. The number of hydrogen-bond donors (Lipinski definition) is 1. The Morgan fingerprint density at radius 3 is 2.65 bits per heavy atom. The molecule has 0 saturated heterocycles. The van der Waals surface area contributed by atoms with Crippen molar-refractivity contribution in [3.8, 4) is 11.5 Å². The number of hydrogen-bond acceptors (Lipinski definition) is 4. The third kappa shape index (κ3) is 4.25. The lowest BCUT2D eigenvalue weighted by Crippen LogP contribution is -2.43. The van der Waals surface area contributed by atoms with E-state index in [1.54, 1.807) is 25.1 Å². The van der Waals surface area contributed by atoms with Crippen LogP contribution >= 0.6 is 0 Å². The van der Waals surface area contributed by atoms with Gasteiger partial charge < -0.3 is 19.4 Å². The van der Waals surface area contributed by atoms with E-state index in [4.69, 9.17) is 9.47 Å². The maximum absolute atomic E-state index is 12.3. The quantitative estimate of drug-likeness (QED) is 0.888. The second-order valence-corrected chi connectivity index (χ2v) is 6.01. The molecule has 1 aromatic heterocycles. The van der Waals surface area contributed by atoms with Gasteiger partial charge in [0.2, 0.25) is 0 Å². The average Bonchev–Trinajstić information content (AvgIpc) is 2.84. The van der Waals surface area contributed by atoms with E-state index in [1.807, 2.05) is 45.0 Å². The first kappa shape index (κ1) is 16.9. The predicted molar refractivity (Wildman–Crippen MR) is 88.0 cm³/mol. The molecule has 0 saturated carbocycles. The third-order valence-electron chi connectivity index (χ3n) is 3.45. The Kier molecular flexibility index (Phi) is 4.93. The molecule has 6 nitrogen and oxygen atoms in total. The Bertz CT molecular complexity index is 673. The normalized spacial score (nSPS) is 11.2. The highest BCUT2D eigenvalue weighted by atomic mass is 16.5. The first-order valence-electron chi connectivity index (χ1n) is 7.41. The summed E-state index contributed by atoms with van der Waals surface area (Å²) in [6.07, 6.45) is 1.63. The van der Waals surface area contributed by atoms with E-state index in [0.717, 1.165) is 5.75 Å². The zero-order valence-electron chi connectivity index (χ0n) is 14.2. The second kappa shape index (κ2) is 6.73. The van der Waals surface area contributed by atoms with E-state index in [9.17, 15) is 4.79 Å². The molecule has 0 aliphatic carbocycles. The molecule has 2 rings (SSSR count). The van der Waals surface area contributed by atoms with Gasteiger partial charge in [0.15, 0.2) is 0 Å². The van der Waals surface area contributed by atoms with Gasteiger partial charge >= 0.3 is 0 Å². The molecule has 23 heavy (non-hydrogen) atoms. The van der Waals surface area contributed by atoms with Crippen molar-refractivity contribution in [2.45, 2.75) is 26.4 Å². The summed E-state index contributed by atoms with van der Waals surface area (Å²) in [6.45, 7) is 6.02. The maximum atomic E-state index is 12.3. The molecule has 0 aliphatic rings. The standard InChI is InChI=1S/C17H23N3O3/c1-12-15(20(4)11-19-12)16(21)18-10-17(2,3)23-14-8-6-7-13(9-14)22-5/h6-9,11H,10H2,1-5H3,(H,18,21). The van der Waals surface area contributed by atoms with E-state index in [2.05, 4.69) is 10.3 Å². The van der Waals surface area contributed by atoms with Gasteiger partial charge in [-0.2, -0.15) is 0 Å². The number of nitrogens with one attached hydrogen (secondary N) is 1. The second-order valence-electron chi connectivity index (χ2n) is 6.01. The van der Waals surface area contributed by atoms with E-state index in [0.29, 0.717) is 23.7 Å². The molecule has 1 amide bonds. The fourth-order valence-electron chi connectivity index (χ4n) is 2.27. The van der Waals surface area contributed by atoms with Crippen molar-refractivity contribution >= 4 is 5.91 Å². The minimum absolute atomic E-state index is 0.162. The molecule has 6 heteroatoms. The summed E-state index contributed by atoms with van der Waals surface area (Å²) in [7, 11) is 3.41. The van der Waals surface area contributed by atoms with Gasteiger partial charge in [0.1, 0.15) is 22.8 Å². The minimum atomic E-state index is -0.561. The molecular formula is C17H23N3O3. The van der Waals surface area contributed by atoms with Gasteiger partial charge in [-0.15, -0.1) is 0 Å². The number of nitrogens with zero attached hydrogens (tertiary/aromatic N) is 2. The zero-order valence-corrected chi connectivity index (χ0v) is 14.2. The highest BCUT2D eigenvalue weighted by Crippen LogP contribution is 2.23. The van der Waals surface area contributed by atoms with Crippen LogP contribution in [0.1, 0.15) is 30.0 Å². The van der Waals surface area contributed by atoms with Crippen LogP contribution in [0, 0.1) is 6.92 Å². The van der Waals surface area contributed by atoms with Gasteiger partial charge in [-0.1, -0.05) is 6.07 Å². The lowest BCUT2D eigenvalue weighted by Gasteiger charge is -2.27. The molecule has 0 unspecified atom stereocenters. The van der Waals surface area contributed by atoms with Crippen molar-refractivity contribution in [2.75, 3.05) is 13.7 Å². The number of carbonyl (C=O) groups is 1. The van der Waals surface area contributed by atoms with Crippen molar-refractivity contribution in [3.05, 3.63) is 42.0 Å². The summed E-state index contributed by atoms with van der Waals surface area (Å²) in [5, 5.41) is 2.90. The number of imidazole rings is 1. The zero-order chi connectivity index (χ0) is 17.0. The highest BCUT2D eigenvalue weighted by molar-refractivity contribution is 5.93. The van der Waals surface area contributed by atoms with Crippen LogP contribution < -0.4 is 14.8 Å². The Hall–Kier alpha value is -2.50. The molecule has 0 bridgehead atoms. The van der Waals surface area contributed by atoms with E-state index in [1.165, 1.54) is 0 Å². The smallest absolute Gasteiger partial charge is 0.269 e. The van der Waals surface area contributed by atoms with Crippen LogP contribution in [-0.4, -0.2) is 34.7 Å². The molecule has 0 radical (unpaired) electrons. The van der Waals surface area contributed by atoms with E-state index >= 15 is 0 Å². The Morgan fingerprint density at radius 1 is 1.35 bits per heavy atom. The van der Waals surface area contributed by atoms with Crippen molar-refractivity contribution in [3.63, 3.8) is 0 Å². The van der Waals surface area contributed by atoms with Crippen molar-refractivity contribution in [2.24, 2.45) is 7.05 Å². The number of amides is 1. The summed E-state index contributed by atoms with van der Waals surface area (Å²) in [6, 6.07) is 7.39. The maximum Gasteiger partial charge on any atom is 0.269 e. The van der Waals surface area contributed by atoms with Crippen molar-refractivity contribution in [1.82, 2.24) is 14.9 Å². The van der Waals surface area contributed by atoms with Gasteiger partial charge in [0.25, 0.3) is 5.91 Å². The molecule has 2 aromatic rings. The molecule has 1 aromatic carbocycles. The van der Waals surface area contributed by atoms with E-state index < -0.39 is 5.60 Å². The number of ether oxygens (including phenoxy) is 2. The summed E-state index contributed by atoms with van der Waals surface area (Å²) >= 11 is 0. The Balaban J connectivity index is 1.99. The summed E-state index contributed by atoms with van der Waals surface area (Å²) in [4.78, 5) is 16.4. The topological polar surface area (TPSA) is 65.4 Å². The number of methoxy groups -OCH3 is 1. The third-order valence-corrected chi connectivity index (χ3v) is 3.45. The number of rotatable bonds is 6. The van der Waals surface area contributed by atoms with E-state index in [-0.39, 0.29) is 5.91 Å². The van der Waals surface area contributed by atoms with Crippen LogP contribution in [0.5, 0.6) is 11.5 Å². The van der Waals surface area contributed by atoms with Gasteiger partial charge in [-0.05, 0) is 32.9 Å². The first-order valence-corrected chi connectivity index (χ1v) is 7.41. The summed E-state index contributed by atoms with van der Waals surface area (Å²) < 4.78 is 12.8. The van der Waals surface area contributed by atoms with Crippen LogP contribution in [0.3, 0.4) is 0 Å². The van der Waals surface area contributed by atoms with Crippen LogP contribution in [0.15, 0.2) is 30.6 Å². The monoisotopic (exact) mass is 317 g/mol. The van der Waals surface area contributed by atoms with Crippen LogP contribution in [-0.2, 0) is 7.05 Å². The molecule has 0 aliphatic heterocycles.